The third kappa shape index (κ3) is 2.45. The van der Waals surface area contributed by atoms with Crippen molar-refractivity contribution in [3.8, 4) is 0 Å². The molecular weight excluding hydrogens is 299 g/mol. The first-order valence-electron chi connectivity index (χ1n) is 5.53. The first kappa shape index (κ1) is 15.0. The summed E-state index contributed by atoms with van der Waals surface area (Å²) in [4.78, 5) is 16.7. The van der Waals surface area contributed by atoms with Gasteiger partial charge in [0.1, 0.15) is 10.9 Å². The Morgan fingerprint density at radius 3 is 2.70 bits per heavy atom. The molecule has 0 saturated carbocycles. The zero-order valence-electron chi connectivity index (χ0n) is 10.6. The fourth-order valence-corrected chi connectivity index (χ4v) is 2.68. The van der Waals surface area contributed by atoms with E-state index in [4.69, 9.17) is 4.74 Å². The van der Waals surface area contributed by atoms with Crippen LogP contribution >= 0.6 is 11.3 Å². The number of carbonyl (C=O) groups is 1. The van der Waals surface area contributed by atoms with Crippen molar-refractivity contribution in [1.82, 2.24) is 9.88 Å². The molecule has 10 heteroatoms. The summed E-state index contributed by atoms with van der Waals surface area (Å²) < 4.78 is 42.5. The van der Waals surface area contributed by atoms with Crippen LogP contribution in [0.1, 0.15) is 4.88 Å². The molecule has 1 N–H and O–H groups in total. The number of hydrogen-bond donors (Lipinski definition) is 1. The highest BCUT2D eigenvalue weighted by Crippen LogP contribution is 2.38. The van der Waals surface area contributed by atoms with Crippen LogP contribution in [0.15, 0.2) is 6.20 Å². The molecule has 1 saturated heterocycles. The fraction of sp³-hybridized carbons (Fsp3) is 0.600. The summed E-state index contributed by atoms with van der Waals surface area (Å²) in [5.41, 5.74) is 0. The fourth-order valence-electron chi connectivity index (χ4n) is 1.87. The standard InChI is InChI=1S/C10H12F3N3O3S/c1-15-5(4-19-2)7(17)16(9(15)18)8-14-3-6(20-8)10(11,12)13/h3,5,7,17H,4H2,1-2H3. The lowest BCUT2D eigenvalue weighted by atomic mass is 10.3. The summed E-state index contributed by atoms with van der Waals surface area (Å²) in [6.45, 7) is 0.0669. The molecule has 1 aliphatic heterocycles. The van der Waals surface area contributed by atoms with Gasteiger partial charge in [0.25, 0.3) is 0 Å². The van der Waals surface area contributed by atoms with Crippen molar-refractivity contribution < 1.29 is 27.8 Å². The number of carbonyl (C=O) groups excluding carboxylic acids is 1. The maximum Gasteiger partial charge on any atom is 0.427 e. The van der Waals surface area contributed by atoms with Crippen LogP contribution in [0.3, 0.4) is 0 Å². The molecule has 20 heavy (non-hydrogen) atoms. The van der Waals surface area contributed by atoms with Gasteiger partial charge in [0, 0.05) is 14.2 Å². The van der Waals surface area contributed by atoms with Crippen LogP contribution in [0.5, 0.6) is 0 Å². The minimum absolute atomic E-state index is 0.0669. The number of amides is 2. The van der Waals surface area contributed by atoms with Gasteiger partial charge in [0.2, 0.25) is 0 Å². The number of alkyl halides is 3. The van der Waals surface area contributed by atoms with Gasteiger partial charge in [-0.05, 0) is 0 Å². The molecule has 0 bridgehead atoms. The van der Waals surface area contributed by atoms with Gasteiger partial charge in [-0.3, -0.25) is 0 Å². The molecule has 2 unspecified atom stereocenters. The van der Waals surface area contributed by atoms with Gasteiger partial charge in [0.15, 0.2) is 11.4 Å². The first-order valence-corrected chi connectivity index (χ1v) is 6.35. The van der Waals surface area contributed by atoms with Crippen LogP contribution in [0.2, 0.25) is 0 Å². The van der Waals surface area contributed by atoms with Gasteiger partial charge in [-0.15, -0.1) is 0 Å². The minimum Gasteiger partial charge on any atom is -0.382 e. The summed E-state index contributed by atoms with van der Waals surface area (Å²) in [6.07, 6.45) is -5.19. The van der Waals surface area contributed by atoms with Crippen molar-refractivity contribution in [2.75, 3.05) is 25.7 Å². The number of urea groups is 1. The zero-order chi connectivity index (χ0) is 15.1. The van der Waals surface area contributed by atoms with Crippen molar-refractivity contribution in [3.05, 3.63) is 11.1 Å². The quantitative estimate of drug-likeness (QED) is 0.915. The molecule has 6 nitrogen and oxygen atoms in total. The zero-order valence-corrected chi connectivity index (χ0v) is 11.4. The molecule has 0 spiro atoms. The van der Waals surface area contributed by atoms with Gasteiger partial charge in [-0.25, -0.2) is 14.7 Å². The Bertz CT molecular complexity index is 507. The average molecular weight is 311 g/mol. The summed E-state index contributed by atoms with van der Waals surface area (Å²) in [5.74, 6) is 0. The molecule has 1 fully saturated rings. The van der Waals surface area contributed by atoms with E-state index in [1.807, 2.05) is 0 Å². The van der Waals surface area contributed by atoms with Gasteiger partial charge < -0.3 is 14.7 Å². The Morgan fingerprint density at radius 2 is 2.20 bits per heavy atom. The molecule has 0 aliphatic carbocycles. The molecule has 1 aromatic heterocycles. The van der Waals surface area contributed by atoms with Crippen molar-refractivity contribution >= 4 is 22.5 Å². The Balaban J connectivity index is 2.28. The van der Waals surface area contributed by atoms with Gasteiger partial charge >= 0.3 is 12.2 Å². The SMILES string of the molecule is COCC1C(O)N(c2ncc(C(F)(F)F)s2)C(=O)N1C. The predicted octanol–water partition coefficient (Wildman–Crippen LogP) is 1.37. The number of aromatic nitrogens is 1. The van der Waals surface area contributed by atoms with Crippen molar-refractivity contribution in [2.45, 2.75) is 18.4 Å². The lowest BCUT2D eigenvalue weighted by Crippen LogP contribution is -2.39. The largest absolute Gasteiger partial charge is 0.427 e. The lowest BCUT2D eigenvalue weighted by molar-refractivity contribution is -0.134. The lowest BCUT2D eigenvalue weighted by Gasteiger charge is -2.19. The van der Waals surface area contributed by atoms with E-state index < -0.39 is 29.4 Å². The van der Waals surface area contributed by atoms with Gasteiger partial charge in [-0.2, -0.15) is 13.2 Å². The number of rotatable bonds is 3. The Hall–Kier alpha value is -1.39. The number of aliphatic hydroxyl groups is 1. The van der Waals surface area contributed by atoms with Crippen LogP contribution in [-0.2, 0) is 10.9 Å². The van der Waals surface area contributed by atoms with Crippen LogP contribution in [0, 0.1) is 0 Å². The number of methoxy groups -OCH3 is 1. The summed E-state index contributed by atoms with van der Waals surface area (Å²) in [5, 5.41) is 9.86. The molecule has 2 rings (SSSR count). The van der Waals surface area contributed by atoms with Crippen LogP contribution in [0.4, 0.5) is 23.1 Å². The van der Waals surface area contributed by atoms with Crippen LogP contribution < -0.4 is 4.90 Å². The first-order chi connectivity index (χ1) is 9.27. The topological polar surface area (TPSA) is 65.9 Å². The van der Waals surface area contributed by atoms with Crippen LogP contribution in [-0.4, -0.2) is 54.1 Å². The molecule has 2 amide bonds. The molecule has 2 heterocycles. The average Bonchev–Trinajstić information content (AvgIpc) is 2.90. The third-order valence-electron chi connectivity index (χ3n) is 2.93. The highest BCUT2D eigenvalue weighted by molar-refractivity contribution is 7.15. The number of anilines is 1. The second kappa shape index (κ2) is 5.19. The van der Waals surface area contributed by atoms with E-state index in [1.165, 1.54) is 19.1 Å². The molecule has 1 aliphatic rings. The molecule has 0 radical (unpaired) electrons. The van der Waals surface area contributed by atoms with E-state index in [1.54, 1.807) is 0 Å². The minimum atomic E-state index is -4.53. The number of ether oxygens (including phenoxy) is 1. The third-order valence-corrected chi connectivity index (χ3v) is 3.97. The number of halogens is 3. The number of hydrogen-bond acceptors (Lipinski definition) is 5. The van der Waals surface area contributed by atoms with Crippen molar-refractivity contribution in [2.24, 2.45) is 0 Å². The van der Waals surface area contributed by atoms with E-state index in [9.17, 15) is 23.1 Å². The molecule has 1 aromatic rings. The normalized spacial score (nSPS) is 23.8. The maximum atomic E-state index is 12.5. The van der Waals surface area contributed by atoms with E-state index >= 15 is 0 Å². The molecule has 0 aromatic carbocycles. The van der Waals surface area contributed by atoms with E-state index in [-0.39, 0.29) is 11.7 Å². The smallest absolute Gasteiger partial charge is 0.382 e. The number of thiazole rings is 1. The van der Waals surface area contributed by atoms with Crippen molar-refractivity contribution in [3.63, 3.8) is 0 Å². The van der Waals surface area contributed by atoms with Crippen molar-refractivity contribution in [1.29, 1.82) is 0 Å². The summed E-state index contributed by atoms with van der Waals surface area (Å²) >= 11 is 0.308. The number of aliphatic hydroxyl groups excluding tert-OH is 1. The monoisotopic (exact) mass is 311 g/mol. The Morgan fingerprint density at radius 1 is 1.55 bits per heavy atom. The van der Waals surface area contributed by atoms with E-state index in [0.29, 0.717) is 17.5 Å². The second-order valence-electron chi connectivity index (χ2n) is 4.20. The Labute approximate surface area is 116 Å². The number of likely N-dealkylation sites (N-methyl/N-ethyl adjacent to an activating group) is 1. The molecule has 2 atom stereocenters. The molecule has 112 valence electrons. The highest BCUT2D eigenvalue weighted by Gasteiger charge is 2.46. The van der Waals surface area contributed by atoms with E-state index in [2.05, 4.69) is 4.98 Å². The highest BCUT2D eigenvalue weighted by atomic mass is 32.1. The van der Waals surface area contributed by atoms with E-state index in [0.717, 1.165) is 4.90 Å². The van der Waals surface area contributed by atoms with Gasteiger partial charge in [0.05, 0.1) is 12.8 Å². The summed E-state index contributed by atoms with van der Waals surface area (Å²) in [7, 11) is 2.84. The maximum absolute atomic E-state index is 12.5. The number of nitrogens with zero attached hydrogens (tertiary/aromatic N) is 3. The second-order valence-corrected chi connectivity index (χ2v) is 5.21. The van der Waals surface area contributed by atoms with Crippen LogP contribution in [0.25, 0.3) is 0 Å². The Kier molecular flexibility index (Phi) is 3.89. The predicted molar refractivity (Wildman–Crippen MR) is 64.4 cm³/mol. The summed E-state index contributed by atoms with van der Waals surface area (Å²) in [6, 6.07) is -1.28. The van der Waals surface area contributed by atoms with Gasteiger partial charge in [-0.1, -0.05) is 11.3 Å². The molecular formula is C10H12F3N3O3S.